The highest BCUT2D eigenvalue weighted by molar-refractivity contribution is 6.42. The first kappa shape index (κ1) is 6.54. The summed E-state index contributed by atoms with van der Waals surface area (Å²) in [6.45, 7) is 0. The molecule has 0 radical (unpaired) electrons. The quantitative estimate of drug-likeness (QED) is 0.511. The fourth-order valence-corrected chi connectivity index (χ4v) is 0.527. The number of amides is 1. The van der Waals surface area contributed by atoms with E-state index in [0.717, 1.165) is 0 Å². The second-order valence-electron chi connectivity index (χ2n) is 1.71. The van der Waals surface area contributed by atoms with Gasteiger partial charge in [-0.2, -0.15) is 5.10 Å². The van der Waals surface area contributed by atoms with E-state index in [2.05, 4.69) is 10.5 Å². The average molecular weight is 137 g/mol. The van der Waals surface area contributed by atoms with Gasteiger partial charge in [-0.05, 0) is 12.2 Å². The molecule has 1 aliphatic rings. The summed E-state index contributed by atoms with van der Waals surface area (Å²) in [4.78, 5) is 10.5. The number of carbonyl (C=O) groups excluding carboxylic acids is 1. The first-order chi connectivity index (χ1) is 4.80. The summed E-state index contributed by atoms with van der Waals surface area (Å²) in [6, 6.07) is 0. The van der Waals surface area contributed by atoms with Gasteiger partial charge in [0.25, 0.3) is 5.91 Å². The van der Waals surface area contributed by atoms with Crippen molar-refractivity contribution in [3.63, 3.8) is 0 Å². The number of allylic oxidation sites excluding steroid dienone is 2. The zero-order valence-electron chi connectivity index (χ0n) is 5.24. The Labute approximate surface area is 58.1 Å². The Morgan fingerprint density at radius 2 is 2.40 bits per heavy atom. The van der Waals surface area contributed by atoms with Crippen LogP contribution in [-0.4, -0.2) is 11.6 Å². The Bertz CT molecular complexity index is 227. The van der Waals surface area contributed by atoms with Gasteiger partial charge in [0.2, 0.25) is 0 Å². The molecule has 1 heterocycles. The van der Waals surface area contributed by atoms with Gasteiger partial charge in [-0.3, -0.25) is 10.2 Å². The van der Waals surface area contributed by atoms with Crippen LogP contribution in [0.3, 0.4) is 0 Å². The predicted molar refractivity (Wildman–Crippen MR) is 38.0 cm³/mol. The number of hydrazone groups is 1. The van der Waals surface area contributed by atoms with Crippen LogP contribution in [-0.2, 0) is 4.79 Å². The average Bonchev–Trinajstić information content (AvgIpc) is 2.12. The lowest BCUT2D eigenvalue weighted by Crippen LogP contribution is -2.22. The SMILES string of the molecule is NC(=O)C1=NNC=CC=C1. The predicted octanol–water partition coefficient (Wildman–Crippen LogP) is -0.499. The van der Waals surface area contributed by atoms with Crippen LogP contribution < -0.4 is 11.2 Å². The highest BCUT2D eigenvalue weighted by Crippen LogP contribution is 1.86. The van der Waals surface area contributed by atoms with Crippen LogP contribution in [0.15, 0.2) is 29.5 Å². The summed E-state index contributed by atoms with van der Waals surface area (Å²) in [5, 5.41) is 3.64. The van der Waals surface area contributed by atoms with Crippen molar-refractivity contribution in [3.8, 4) is 0 Å². The standard InChI is InChI=1S/C6H7N3O/c7-6(10)5-3-1-2-4-8-9-5/h1-4,8H,(H2,7,10). The number of nitrogens with zero attached hydrogens (tertiary/aromatic N) is 1. The Kier molecular flexibility index (Phi) is 1.84. The second kappa shape index (κ2) is 2.82. The van der Waals surface area contributed by atoms with Gasteiger partial charge in [0.05, 0.1) is 0 Å². The normalized spacial score (nSPS) is 15.4. The molecule has 3 N–H and O–H groups in total. The first-order valence-corrected chi connectivity index (χ1v) is 2.77. The van der Waals surface area contributed by atoms with E-state index in [4.69, 9.17) is 5.73 Å². The second-order valence-corrected chi connectivity index (χ2v) is 1.71. The van der Waals surface area contributed by atoms with E-state index >= 15 is 0 Å². The molecule has 0 atom stereocenters. The highest BCUT2D eigenvalue weighted by atomic mass is 16.1. The Morgan fingerprint density at radius 1 is 1.60 bits per heavy atom. The number of nitrogens with one attached hydrogen (secondary N) is 1. The molecule has 0 aromatic carbocycles. The summed E-state index contributed by atoms with van der Waals surface area (Å²) in [5.74, 6) is -0.535. The number of nitrogens with two attached hydrogens (primary N) is 1. The van der Waals surface area contributed by atoms with Crippen LogP contribution in [0.4, 0.5) is 0 Å². The molecule has 4 heteroatoms. The van der Waals surface area contributed by atoms with Gasteiger partial charge in [0, 0.05) is 6.20 Å². The van der Waals surface area contributed by atoms with Crippen LogP contribution in [0.5, 0.6) is 0 Å². The smallest absolute Gasteiger partial charge is 0.269 e. The number of hydrogen-bond donors (Lipinski definition) is 2. The Morgan fingerprint density at radius 3 is 3.10 bits per heavy atom. The minimum absolute atomic E-state index is 0.227. The molecule has 4 nitrogen and oxygen atoms in total. The molecule has 1 rings (SSSR count). The van der Waals surface area contributed by atoms with Gasteiger partial charge in [0.1, 0.15) is 5.71 Å². The lowest BCUT2D eigenvalue weighted by Gasteiger charge is -1.90. The van der Waals surface area contributed by atoms with E-state index in [9.17, 15) is 4.79 Å². The third kappa shape index (κ3) is 1.45. The number of hydrogen-bond acceptors (Lipinski definition) is 3. The molecule has 0 fully saturated rings. The summed E-state index contributed by atoms with van der Waals surface area (Å²) in [7, 11) is 0. The van der Waals surface area contributed by atoms with Gasteiger partial charge in [-0.1, -0.05) is 6.08 Å². The molecule has 52 valence electrons. The molecule has 0 aliphatic carbocycles. The lowest BCUT2D eigenvalue weighted by molar-refractivity contribution is -0.111. The van der Waals surface area contributed by atoms with E-state index in [1.54, 1.807) is 24.4 Å². The van der Waals surface area contributed by atoms with Crippen molar-refractivity contribution in [1.29, 1.82) is 0 Å². The first-order valence-electron chi connectivity index (χ1n) is 2.77. The Hall–Kier alpha value is -1.58. The van der Waals surface area contributed by atoms with Crippen molar-refractivity contribution in [2.24, 2.45) is 10.8 Å². The van der Waals surface area contributed by atoms with Gasteiger partial charge in [0.15, 0.2) is 0 Å². The minimum Gasteiger partial charge on any atom is -0.364 e. The zero-order chi connectivity index (χ0) is 7.40. The van der Waals surface area contributed by atoms with E-state index in [1.807, 2.05) is 0 Å². The van der Waals surface area contributed by atoms with Crippen molar-refractivity contribution in [1.82, 2.24) is 5.43 Å². The number of carbonyl (C=O) groups is 1. The Balaban J connectivity index is 2.78. The maximum Gasteiger partial charge on any atom is 0.269 e. The van der Waals surface area contributed by atoms with Crippen molar-refractivity contribution in [2.75, 3.05) is 0 Å². The monoisotopic (exact) mass is 137 g/mol. The van der Waals surface area contributed by atoms with E-state index in [1.165, 1.54) is 0 Å². The molecular weight excluding hydrogens is 130 g/mol. The minimum atomic E-state index is -0.535. The number of rotatable bonds is 1. The van der Waals surface area contributed by atoms with Gasteiger partial charge in [-0.25, -0.2) is 0 Å². The lowest BCUT2D eigenvalue weighted by atomic mass is 10.3. The molecule has 0 spiro atoms. The van der Waals surface area contributed by atoms with Crippen LogP contribution in [0.1, 0.15) is 0 Å². The van der Waals surface area contributed by atoms with Crippen molar-refractivity contribution in [3.05, 3.63) is 24.4 Å². The number of primary amides is 1. The van der Waals surface area contributed by atoms with E-state index < -0.39 is 5.91 Å². The molecule has 0 aromatic heterocycles. The fourth-order valence-electron chi connectivity index (χ4n) is 0.527. The highest BCUT2D eigenvalue weighted by Gasteiger charge is 2.01. The van der Waals surface area contributed by atoms with Gasteiger partial charge in [-0.15, -0.1) is 0 Å². The van der Waals surface area contributed by atoms with Gasteiger partial charge >= 0.3 is 0 Å². The van der Waals surface area contributed by atoms with Crippen molar-refractivity contribution < 1.29 is 4.79 Å². The maximum absolute atomic E-state index is 10.5. The molecule has 10 heavy (non-hydrogen) atoms. The van der Waals surface area contributed by atoms with E-state index in [0.29, 0.717) is 0 Å². The van der Waals surface area contributed by atoms with Crippen LogP contribution >= 0.6 is 0 Å². The largest absolute Gasteiger partial charge is 0.364 e. The maximum atomic E-state index is 10.5. The molecule has 0 aromatic rings. The summed E-state index contributed by atoms with van der Waals surface area (Å²) in [6.07, 6.45) is 6.55. The topological polar surface area (TPSA) is 67.5 Å². The third-order valence-corrected chi connectivity index (χ3v) is 0.973. The molecule has 1 amide bonds. The van der Waals surface area contributed by atoms with Crippen LogP contribution in [0.2, 0.25) is 0 Å². The molecule has 0 saturated heterocycles. The van der Waals surface area contributed by atoms with Crippen molar-refractivity contribution in [2.45, 2.75) is 0 Å². The molecule has 0 bridgehead atoms. The van der Waals surface area contributed by atoms with E-state index in [-0.39, 0.29) is 5.71 Å². The van der Waals surface area contributed by atoms with Crippen LogP contribution in [0, 0.1) is 0 Å². The molecule has 1 aliphatic heterocycles. The van der Waals surface area contributed by atoms with Crippen LogP contribution in [0.25, 0.3) is 0 Å². The van der Waals surface area contributed by atoms with Gasteiger partial charge < -0.3 is 5.73 Å². The zero-order valence-corrected chi connectivity index (χ0v) is 5.24. The fraction of sp³-hybridized carbons (Fsp3) is 0. The molecule has 0 saturated carbocycles. The summed E-state index contributed by atoms with van der Waals surface area (Å²) >= 11 is 0. The summed E-state index contributed by atoms with van der Waals surface area (Å²) in [5.41, 5.74) is 7.70. The summed E-state index contributed by atoms with van der Waals surface area (Å²) < 4.78 is 0. The van der Waals surface area contributed by atoms with Crippen molar-refractivity contribution >= 4 is 11.6 Å². The third-order valence-electron chi connectivity index (χ3n) is 0.973. The molecular formula is C6H7N3O. The molecule has 0 unspecified atom stereocenters.